The van der Waals surface area contributed by atoms with Gasteiger partial charge in [0.25, 0.3) is 5.91 Å². The summed E-state index contributed by atoms with van der Waals surface area (Å²) >= 11 is 5.64. The molecule has 1 fully saturated rings. The highest BCUT2D eigenvalue weighted by atomic mass is 127. The van der Waals surface area contributed by atoms with Crippen molar-refractivity contribution in [2.75, 3.05) is 0 Å². The van der Waals surface area contributed by atoms with Gasteiger partial charge in [-0.25, -0.2) is 0 Å². The first-order valence-corrected chi connectivity index (χ1v) is 8.71. The van der Waals surface area contributed by atoms with Gasteiger partial charge in [0.1, 0.15) is 0 Å². The van der Waals surface area contributed by atoms with Gasteiger partial charge in [-0.15, -0.1) is 0 Å². The molecule has 19 heavy (non-hydrogen) atoms. The molecule has 1 N–H and O–H groups in total. The third kappa shape index (κ3) is 4.18. The van der Waals surface area contributed by atoms with E-state index in [-0.39, 0.29) is 11.9 Å². The Morgan fingerprint density at radius 2 is 2.05 bits per heavy atom. The molecule has 0 radical (unpaired) electrons. The molecule has 0 aromatic heterocycles. The number of hydrogen-bond acceptors (Lipinski definition) is 1. The van der Waals surface area contributed by atoms with E-state index in [2.05, 4.69) is 50.8 Å². The van der Waals surface area contributed by atoms with Crippen LogP contribution in [0, 0.1) is 9.49 Å². The monoisotopic (exact) mass is 435 g/mol. The van der Waals surface area contributed by atoms with E-state index in [9.17, 15) is 4.79 Å². The Hall–Kier alpha value is -0.100. The average Bonchev–Trinajstić information content (AvgIpc) is 2.42. The fraction of sp³-hybridized carbons (Fsp3) is 0.533. The van der Waals surface area contributed by atoms with Gasteiger partial charge in [-0.1, -0.05) is 35.2 Å². The molecule has 4 heteroatoms. The van der Waals surface area contributed by atoms with Crippen LogP contribution in [0.3, 0.4) is 0 Å². The minimum Gasteiger partial charge on any atom is -0.349 e. The van der Waals surface area contributed by atoms with E-state index in [0.717, 1.165) is 13.6 Å². The van der Waals surface area contributed by atoms with Gasteiger partial charge in [0.05, 0.1) is 5.56 Å². The smallest absolute Gasteiger partial charge is 0.252 e. The molecule has 1 aliphatic rings. The first-order valence-electron chi connectivity index (χ1n) is 6.84. The number of halogens is 2. The molecule has 1 atom stereocenters. The van der Waals surface area contributed by atoms with Crippen molar-refractivity contribution < 1.29 is 4.79 Å². The lowest BCUT2D eigenvalue weighted by Crippen LogP contribution is -2.39. The Morgan fingerprint density at radius 1 is 1.37 bits per heavy atom. The molecular weight excluding hydrogens is 417 g/mol. The second kappa shape index (κ2) is 7.07. The molecule has 2 rings (SSSR count). The lowest BCUT2D eigenvalue weighted by molar-refractivity contribution is 0.0918. The lowest BCUT2D eigenvalue weighted by Gasteiger charge is -2.28. The molecule has 104 valence electrons. The van der Waals surface area contributed by atoms with Crippen LogP contribution < -0.4 is 5.32 Å². The summed E-state index contributed by atoms with van der Waals surface area (Å²) in [7, 11) is 0. The number of carbonyl (C=O) groups excluding carboxylic acids is 1. The van der Waals surface area contributed by atoms with Gasteiger partial charge in [0.15, 0.2) is 0 Å². The van der Waals surface area contributed by atoms with E-state index >= 15 is 0 Å². The maximum Gasteiger partial charge on any atom is 0.252 e. The molecule has 1 saturated carbocycles. The van der Waals surface area contributed by atoms with E-state index in [0.29, 0.717) is 5.92 Å². The molecule has 0 saturated heterocycles. The molecule has 1 unspecified atom stereocenters. The zero-order valence-corrected chi connectivity index (χ0v) is 14.8. The van der Waals surface area contributed by atoms with Gasteiger partial charge in [0, 0.05) is 14.1 Å². The van der Waals surface area contributed by atoms with Gasteiger partial charge >= 0.3 is 0 Å². The van der Waals surface area contributed by atoms with Crippen molar-refractivity contribution >= 4 is 44.4 Å². The molecule has 0 heterocycles. The highest BCUT2D eigenvalue weighted by molar-refractivity contribution is 14.1. The van der Waals surface area contributed by atoms with Gasteiger partial charge in [-0.2, -0.15) is 0 Å². The van der Waals surface area contributed by atoms with E-state index < -0.39 is 0 Å². The van der Waals surface area contributed by atoms with E-state index in [1.54, 1.807) is 0 Å². The Kier molecular flexibility index (Phi) is 5.69. The first kappa shape index (κ1) is 15.3. The largest absolute Gasteiger partial charge is 0.349 e. The van der Waals surface area contributed by atoms with Gasteiger partial charge < -0.3 is 5.32 Å². The molecular formula is C15H19BrINO. The van der Waals surface area contributed by atoms with Gasteiger partial charge in [0.2, 0.25) is 0 Å². The Balaban J connectivity index is 2.01. The molecule has 0 bridgehead atoms. The summed E-state index contributed by atoms with van der Waals surface area (Å²) in [5.41, 5.74) is 0.762. The maximum absolute atomic E-state index is 12.3. The van der Waals surface area contributed by atoms with Crippen LogP contribution in [0.1, 0.15) is 49.4 Å². The summed E-state index contributed by atoms with van der Waals surface area (Å²) in [6.45, 7) is 2.14. The second-order valence-corrected chi connectivity index (χ2v) is 7.36. The SMILES string of the molecule is CC(NC(=O)c1cc(Br)ccc1I)C1CCCCC1. The Labute approximate surface area is 137 Å². The lowest BCUT2D eigenvalue weighted by atomic mass is 9.84. The maximum atomic E-state index is 12.3. The van der Waals surface area contributed by atoms with Crippen molar-refractivity contribution in [2.45, 2.75) is 45.1 Å². The van der Waals surface area contributed by atoms with Crippen molar-refractivity contribution in [1.29, 1.82) is 0 Å². The normalized spacial score (nSPS) is 18.1. The topological polar surface area (TPSA) is 29.1 Å². The van der Waals surface area contributed by atoms with E-state index in [1.165, 1.54) is 32.1 Å². The number of nitrogens with one attached hydrogen (secondary N) is 1. The predicted molar refractivity (Wildman–Crippen MR) is 90.4 cm³/mol. The average molecular weight is 436 g/mol. The Bertz CT molecular complexity index is 457. The highest BCUT2D eigenvalue weighted by Crippen LogP contribution is 2.26. The van der Waals surface area contributed by atoms with Crippen molar-refractivity contribution in [3.8, 4) is 0 Å². The standard InChI is InChI=1S/C15H19BrINO/c1-10(11-5-3-2-4-6-11)18-15(19)13-9-12(16)7-8-14(13)17/h7-11H,2-6H2,1H3,(H,18,19). The second-order valence-electron chi connectivity index (χ2n) is 5.28. The zero-order valence-electron chi connectivity index (χ0n) is 11.1. The van der Waals surface area contributed by atoms with Crippen LogP contribution in [0.15, 0.2) is 22.7 Å². The Morgan fingerprint density at radius 3 is 2.74 bits per heavy atom. The van der Waals surface area contributed by atoms with Crippen LogP contribution in [0.4, 0.5) is 0 Å². The van der Waals surface area contributed by atoms with Crippen molar-refractivity contribution in [3.63, 3.8) is 0 Å². The van der Waals surface area contributed by atoms with Crippen LogP contribution in [0.5, 0.6) is 0 Å². The summed E-state index contributed by atoms with van der Waals surface area (Å²) in [6, 6.07) is 6.08. The fourth-order valence-electron chi connectivity index (χ4n) is 2.71. The minimum absolute atomic E-state index is 0.0452. The van der Waals surface area contributed by atoms with Gasteiger partial charge in [-0.3, -0.25) is 4.79 Å². The van der Waals surface area contributed by atoms with E-state index in [1.807, 2.05) is 18.2 Å². The summed E-state index contributed by atoms with van der Waals surface area (Å²) in [5, 5.41) is 3.17. The van der Waals surface area contributed by atoms with Crippen LogP contribution in [-0.4, -0.2) is 11.9 Å². The van der Waals surface area contributed by atoms with Crippen LogP contribution in [0.25, 0.3) is 0 Å². The van der Waals surface area contributed by atoms with Crippen molar-refractivity contribution in [2.24, 2.45) is 5.92 Å². The third-order valence-corrected chi connectivity index (χ3v) is 5.32. The highest BCUT2D eigenvalue weighted by Gasteiger charge is 2.22. The summed E-state index contributed by atoms with van der Waals surface area (Å²) in [5.74, 6) is 0.686. The number of amides is 1. The molecule has 2 nitrogen and oxygen atoms in total. The van der Waals surface area contributed by atoms with Crippen molar-refractivity contribution in [1.82, 2.24) is 5.32 Å². The first-order chi connectivity index (χ1) is 9.08. The summed E-state index contributed by atoms with van der Waals surface area (Å²) in [6.07, 6.45) is 6.45. The molecule has 1 aromatic carbocycles. The molecule has 0 aliphatic heterocycles. The van der Waals surface area contributed by atoms with Crippen LogP contribution >= 0.6 is 38.5 Å². The summed E-state index contributed by atoms with van der Waals surface area (Å²) < 4.78 is 1.94. The predicted octanol–water partition coefficient (Wildman–Crippen LogP) is 4.75. The third-order valence-electron chi connectivity index (χ3n) is 3.89. The fourth-order valence-corrected chi connectivity index (χ4v) is 3.65. The quantitative estimate of drug-likeness (QED) is 0.681. The molecule has 0 spiro atoms. The number of benzene rings is 1. The van der Waals surface area contributed by atoms with Gasteiger partial charge in [-0.05, 0) is 66.5 Å². The zero-order chi connectivity index (χ0) is 13.8. The van der Waals surface area contributed by atoms with E-state index in [4.69, 9.17) is 0 Å². The molecule has 1 amide bonds. The molecule has 1 aromatic rings. The van der Waals surface area contributed by atoms with Crippen LogP contribution in [-0.2, 0) is 0 Å². The van der Waals surface area contributed by atoms with Crippen LogP contribution in [0.2, 0.25) is 0 Å². The number of carbonyl (C=O) groups is 1. The number of rotatable bonds is 3. The van der Waals surface area contributed by atoms with Crippen molar-refractivity contribution in [3.05, 3.63) is 31.8 Å². The summed E-state index contributed by atoms with van der Waals surface area (Å²) in [4.78, 5) is 12.3. The number of hydrogen-bond donors (Lipinski definition) is 1. The minimum atomic E-state index is 0.0452. The molecule has 1 aliphatic carbocycles.